The monoisotopic (exact) mass is 830 g/mol. The first-order chi connectivity index (χ1) is 28.0. The van der Waals surface area contributed by atoms with Gasteiger partial charge in [-0.1, -0.05) is 84.9 Å². The quantitative estimate of drug-likeness (QED) is 0.141. The van der Waals surface area contributed by atoms with E-state index in [0.29, 0.717) is 13.2 Å². The fourth-order valence-electron chi connectivity index (χ4n) is 7.03. The Morgan fingerprint density at radius 2 is 1.17 bits per heavy atom. The molecule has 15 nitrogen and oxygen atoms in total. The van der Waals surface area contributed by atoms with Crippen LogP contribution in [0.4, 0.5) is 0 Å². The number of aliphatic hydroxyl groups excluding tert-OH is 2. The molecular formula is C42H58N2O13S. The Morgan fingerprint density at radius 1 is 0.707 bits per heavy atom. The van der Waals surface area contributed by atoms with Gasteiger partial charge in [0.2, 0.25) is 11.8 Å². The van der Waals surface area contributed by atoms with Gasteiger partial charge in [0, 0.05) is 44.3 Å². The SMILES string of the molecule is C=CCCCO[C@H]1OC2COC(c3ccccc3)O[C@@H]2C(O)[C@@H]1NC(C)=O.CC(=O)N[C@H]1C(O)[C@H]2OC(c3ccccc3)OCC2O[C@@H]1OCCCCCSC(C)=O. The zero-order chi connectivity index (χ0) is 41.4. The molecule has 2 aromatic rings. The number of allylic oxidation sites excluding steroid dienone is 1. The van der Waals surface area contributed by atoms with E-state index < -0.39 is 73.9 Å². The molecule has 0 saturated carbocycles. The molecule has 320 valence electrons. The van der Waals surface area contributed by atoms with Crippen LogP contribution >= 0.6 is 11.8 Å². The van der Waals surface area contributed by atoms with Crippen molar-refractivity contribution in [2.45, 2.75) is 127 Å². The predicted octanol–water partition coefficient (Wildman–Crippen LogP) is 3.83. The third kappa shape index (κ3) is 13.4. The second kappa shape index (κ2) is 23.5. The van der Waals surface area contributed by atoms with Gasteiger partial charge in [-0.05, 0) is 25.7 Å². The van der Waals surface area contributed by atoms with Gasteiger partial charge in [-0.2, -0.15) is 0 Å². The molecule has 12 atom stereocenters. The van der Waals surface area contributed by atoms with E-state index in [9.17, 15) is 24.6 Å². The number of amides is 2. The van der Waals surface area contributed by atoms with Gasteiger partial charge in [-0.25, -0.2) is 0 Å². The Balaban J connectivity index is 0.000000223. The fraction of sp³-hybridized carbons (Fsp3) is 0.595. The Labute approximate surface area is 344 Å². The van der Waals surface area contributed by atoms with Gasteiger partial charge >= 0.3 is 0 Å². The van der Waals surface area contributed by atoms with Gasteiger partial charge in [0.25, 0.3) is 0 Å². The minimum absolute atomic E-state index is 0.125. The van der Waals surface area contributed by atoms with Crippen LogP contribution in [0.3, 0.4) is 0 Å². The third-order valence-electron chi connectivity index (χ3n) is 9.83. The van der Waals surface area contributed by atoms with Gasteiger partial charge in [-0.3, -0.25) is 14.4 Å². The second-order valence-corrected chi connectivity index (χ2v) is 15.7. The van der Waals surface area contributed by atoms with Crippen LogP contribution in [-0.2, 0) is 52.3 Å². The zero-order valence-corrected chi connectivity index (χ0v) is 34.2. The molecule has 4 aliphatic rings. The van der Waals surface area contributed by atoms with Crippen LogP contribution < -0.4 is 10.6 Å². The summed E-state index contributed by atoms with van der Waals surface area (Å²) in [4.78, 5) is 34.3. The second-order valence-electron chi connectivity index (χ2n) is 14.4. The summed E-state index contributed by atoms with van der Waals surface area (Å²) >= 11 is 1.32. The topological polar surface area (TPSA) is 190 Å². The Kier molecular flexibility index (Phi) is 18.6. The van der Waals surface area contributed by atoms with Crippen LogP contribution in [0.5, 0.6) is 0 Å². The lowest BCUT2D eigenvalue weighted by atomic mass is 9.95. The summed E-state index contributed by atoms with van der Waals surface area (Å²) in [5.74, 6) is 0.240. The lowest BCUT2D eigenvalue weighted by Gasteiger charge is -2.47. The lowest BCUT2D eigenvalue weighted by Crippen LogP contribution is -2.66. The minimum atomic E-state index is -1.00. The van der Waals surface area contributed by atoms with Gasteiger partial charge in [0.1, 0.15) is 48.7 Å². The molecule has 16 heteroatoms. The predicted molar refractivity (Wildman–Crippen MR) is 213 cm³/mol. The van der Waals surface area contributed by atoms with E-state index in [-0.39, 0.29) is 30.1 Å². The van der Waals surface area contributed by atoms with Crippen LogP contribution in [0.1, 0.15) is 76.6 Å². The summed E-state index contributed by atoms with van der Waals surface area (Å²) in [5, 5.41) is 27.5. The maximum Gasteiger partial charge on any atom is 0.217 e. The van der Waals surface area contributed by atoms with Gasteiger partial charge in [0.15, 0.2) is 30.3 Å². The average Bonchev–Trinajstić information content (AvgIpc) is 3.22. The summed E-state index contributed by atoms with van der Waals surface area (Å²) < 4.78 is 47.2. The molecule has 2 amide bonds. The number of carbonyl (C=O) groups is 3. The Bertz CT molecular complexity index is 1570. The molecule has 2 aromatic carbocycles. The molecule has 4 N–H and O–H groups in total. The number of benzene rings is 2. The van der Waals surface area contributed by atoms with Crippen molar-refractivity contribution < 1.29 is 62.5 Å². The molecular weight excluding hydrogens is 773 g/mol. The summed E-state index contributed by atoms with van der Waals surface area (Å²) in [5.41, 5.74) is 1.72. The fourth-order valence-corrected chi connectivity index (χ4v) is 7.66. The molecule has 6 unspecified atom stereocenters. The van der Waals surface area contributed by atoms with Crippen molar-refractivity contribution in [3.8, 4) is 0 Å². The molecule has 0 spiro atoms. The van der Waals surface area contributed by atoms with E-state index in [1.54, 1.807) is 6.92 Å². The van der Waals surface area contributed by atoms with Crippen molar-refractivity contribution in [1.82, 2.24) is 10.6 Å². The van der Waals surface area contributed by atoms with E-state index in [2.05, 4.69) is 17.2 Å². The highest BCUT2D eigenvalue weighted by atomic mass is 32.2. The number of fused-ring (bicyclic) bond motifs is 2. The standard InChI is InChI=1S/C22H31NO7S.C20H27NO6/c1-14(24)23-18-19(26)20-17(13-28-21(30-20)16-9-5-3-6-10-16)29-22(18)27-11-7-4-8-12-31-15(2)25;1-3-4-8-11-24-20-16(21-13(2)22)17(23)18-15(26-20)12-25-19(27-18)14-9-6-5-7-10-14/h3,5-6,9-10,17-22,26H,4,7-8,11-13H2,1-2H3,(H,23,24);3,5-7,9-10,15-20,23H,1,4,8,11-12H2,2H3,(H,21,22)/t17?,18-,19?,20-,21?,22-;15?,16-,17?,18-,19?,20-/m00/s1. The van der Waals surface area contributed by atoms with Crippen LogP contribution in [-0.4, -0.2) is 121 Å². The molecule has 4 fully saturated rings. The molecule has 0 bridgehead atoms. The summed E-state index contributed by atoms with van der Waals surface area (Å²) in [7, 11) is 0. The molecule has 6 rings (SSSR count). The highest BCUT2D eigenvalue weighted by Crippen LogP contribution is 2.36. The summed E-state index contributed by atoms with van der Waals surface area (Å²) in [6, 6.07) is 17.5. The van der Waals surface area contributed by atoms with Crippen LogP contribution in [0.25, 0.3) is 0 Å². The smallest absolute Gasteiger partial charge is 0.217 e. The van der Waals surface area contributed by atoms with Crippen molar-refractivity contribution in [3.63, 3.8) is 0 Å². The lowest BCUT2D eigenvalue weighted by molar-refractivity contribution is -0.344. The van der Waals surface area contributed by atoms with Gasteiger partial charge < -0.3 is 58.7 Å². The Morgan fingerprint density at radius 3 is 1.60 bits per heavy atom. The molecule has 0 radical (unpaired) electrons. The first-order valence-corrected chi connectivity index (χ1v) is 20.9. The number of unbranched alkanes of at least 4 members (excludes halogenated alkanes) is 3. The summed E-state index contributed by atoms with van der Waals surface area (Å²) in [6.07, 6.45) is -0.976. The van der Waals surface area contributed by atoms with Gasteiger partial charge in [-0.15, -0.1) is 6.58 Å². The van der Waals surface area contributed by atoms with E-state index in [1.165, 1.54) is 25.6 Å². The number of ether oxygens (including phenoxy) is 8. The number of hydrogen-bond donors (Lipinski definition) is 4. The normalized spacial score (nSPS) is 31.7. The number of hydrogen-bond acceptors (Lipinski definition) is 14. The summed E-state index contributed by atoms with van der Waals surface area (Å²) in [6.45, 7) is 9.40. The number of carbonyl (C=O) groups excluding carboxylic acids is 3. The van der Waals surface area contributed by atoms with Crippen molar-refractivity contribution in [1.29, 1.82) is 0 Å². The number of rotatable bonds is 16. The first-order valence-electron chi connectivity index (χ1n) is 19.9. The molecule has 4 aliphatic heterocycles. The number of aliphatic hydroxyl groups is 2. The highest BCUT2D eigenvalue weighted by Gasteiger charge is 2.51. The number of thioether (sulfide) groups is 1. The maximum atomic E-state index is 11.7. The van der Waals surface area contributed by atoms with E-state index in [4.69, 9.17) is 37.9 Å². The third-order valence-corrected chi connectivity index (χ3v) is 10.7. The average molecular weight is 831 g/mol. The van der Waals surface area contributed by atoms with E-state index >= 15 is 0 Å². The molecule has 58 heavy (non-hydrogen) atoms. The van der Waals surface area contributed by atoms with E-state index in [1.807, 2.05) is 66.7 Å². The van der Waals surface area contributed by atoms with Crippen molar-refractivity contribution >= 4 is 28.7 Å². The van der Waals surface area contributed by atoms with Crippen molar-refractivity contribution in [3.05, 3.63) is 84.4 Å². The molecule has 4 saturated heterocycles. The van der Waals surface area contributed by atoms with E-state index in [0.717, 1.165) is 49.0 Å². The van der Waals surface area contributed by atoms with Crippen LogP contribution in [0, 0.1) is 0 Å². The Hall–Kier alpha value is -3.26. The molecule has 4 heterocycles. The van der Waals surface area contributed by atoms with Crippen LogP contribution in [0.15, 0.2) is 73.3 Å². The van der Waals surface area contributed by atoms with Crippen molar-refractivity contribution in [2.75, 3.05) is 32.2 Å². The zero-order valence-electron chi connectivity index (χ0n) is 33.4. The highest BCUT2D eigenvalue weighted by molar-refractivity contribution is 8.13. The van der Waals surface area contributed by atoms with Gasteiger partial charge in [0.05, 0.1) is 19.8 Å². The number of nitrogens with one attached hydrogen (secondary N) is 2. The first kappa shape index (κ1) is 45.8. The molecule has 0 aliphatic carbocycles. The maximum absolute atomic E-state index is 11.7. The minimum Gasteiger partial charge on any atom is -0.388 e. The van der Waals surface area contributed by atoms with Crippen molar-refractivity contribution in [2.24, 2.45) is 0 Å². The largest absolute Gasteiger partial charge is 0.388 e. The van der Waals surface area contributed by atoms with Crippen LogP contribution in [0.2, 0.25) is 0 Å². The molecule has 0 aromatic heterocycles.